The van der Waals surface area contributed by atoms with E-state index in [1.165, 1.54) is 27.4 Å². The molecule has 26 heavy (non-hydrogen) atoms. The van der Waals surface area contributed by atoms with Gasteiger partial charge in [-0.1, -0.05) is 0 Å². The lowest BCUT2D eigenvalue weighted by Crippen LogP contribution is -2.14. The van der Waals surface area contributed by atoms with Gasteiger partial charge in [-0.3, -0.25) is 9.52 Å². The maximum Gasteiger partial charge on any atom is 0.255 e. The summed E-state index contributed by atoms with van der Waals surface area (Å²) in [4.78, 5) is 12.5. The van der Waals surface area contributed by atoms with Crippen LogP contribution in [0.2, 0.25) is 0 Å². The van der Waals surface area contributed by atoms with Gasteiger partial charge in [0.15, 0.2) is 0 Å². The summed E-state index contributed by atoms with van der Waals surface area (Å²) < 4.78 is 40.7. The van der Waals surface area contributed by atoms with Gasteiger partial charge in [-0.15, -0.1) is 0 Å². The van der Waals surface area contributed by atoms with Crippen LogP contribution in [0.25, 0.3) is 0 Å². The topological polar surface area (TPSA) is 103 Å². The number of hydrogen-bond donors (Lipinski definition) is 2. The number of carbonyl (C=O) groups excluding carboxylic acids is 1. The van der Waals surface area contributed by atoms with E-state index >= 15 is 0 Å². The normalized spacial score (nSPS) is 10.8. The fourth-order valence-electron chi connectivity index (χ4n) is 2.21. The van der Waals surface area contributed by atoms with Gasteiger partial charge in [0.05, 0.1) is 33.3 Å². The second kappa shape index (κ2) is 7.96. The molecule has 2 N–H and O–H groups in total. The molecule has 2 rings (SSSR count). The number of hydrogen-bond acceptors (Lipinski definition) is 6. The van der Waals surface area contributed by atoms with Gasteiger partial charge >= 0.3 is 0 Å². The second-order valence-electron chi connectivity index (χ2n) is 5.34. The largest absolute Gasteiger partial charge is 0.497 e. The molecule has 0 bridgehead atoms. The number of nitrogens with one attached hydrogen (secondary N) is 2. The molecule has 0 fully saturated rings. The van der Waals surface area contributed by atoms with Gasteiger partial charge in [0.2, 0.25) is 10.0 Å². The maximum atomic E-state index is 12.5. The first kappa shape index (κ1) is 19.4. The number of benzene rings is 2. The predicted molar refractivity (Wildman–Crippen MR) is 99.0 cm³/mol. The highest BCUT2D eigenvalue weighted by atomic mass is 32.2. The Bertz CT molecular complexity index is 889. The summed E-state index contributed by atoms with van der Waals surface area (Å²) in [5.41, 5.74) is 0.939. The molecule has 0 aliphatic heterocycles. The van der Waals surface area contributed by atoms with Crippen LogP contribution in [-0.2, 0) is 10.0 Å². The molecule has 2 aromatic rings. The van der Waals surface area contributed by atoms with Crippen LogP contribution in [0, 0.1) is 0 Å². The van der Waals surface area contributed by atoms with Crippen molar-refractivity contribution >= 4 is 27.3 Å². The lowest BCUT2D eigenvalue weighted by molar-refractivity contribution is 0.102. The summed E-state index contributed by atoms with van der Waals surface area (Å²) >= 11 is 0. The van der Waals surface area contributed by atoms with Crippen LogP contribution in [0.5, 0.6) is 17.2 Å². The number of sulfonamides is 1. The Morgan fingerprint density at radius 3 is 2.04 bits per heavy atom. The van der Waals surface area contributed by atoms with Crippen molar-refractivity contribution in [3.63, 3.8) is 0 Å². The summed E-state index contributed by atoms with van der Waals surface area (Å²) in [6, 6.07) is 9.40. The molecule has 0 unspecified atom stereocenters. The van der Waals surface area contributed by atoms with Gasteiger partial charge in [0.25, 0.3) is 5.91 Å². The van der Waals surface area contributed by atoms with E-state index in [1.54, 1.807) is 30.3 Å². The molecule has 0 atom stereocenters. The first-order valence-electron chi connectivity index (χ1n) is 7.46. The molecule has 0 aliphatic carbocycles. The summed E-state index contributed by atoms with van der Waals surface area (Å²) in [6.45, 7) is 0. The molecule has 8 nitrogen and oxygen atoms in total. The van der Waals surface area contributed by atoms with Gasteiger partial charge in [0, 0.05) is 17.3 Å². The van der Waals surface area contributed by atoms with Crippen LogP contribution in [0.3, 0.4) is 0 Å². The smallest absolute Gasteiger partial charge is 0.255 e. The Morgan fingerprint density at radius 2 is 1.54 bits per heavy atom. The molecule has 0 aliphatic rings. The lowest BCUT2D eigenvalue weighted by Gasteiger charge is -2.13. The summed E-state index contributed by atoms with van der Waals surface area (Å²) in [5.74, 6) is 0.876. The fourth-order valence-corrected chi connectivity index (χ4v) is 2.77. The number of rotatable bonds is 7. The van der Waals surface area contributed by atoms with Crippen molar-refractivity contribution in [2.24, 2.45) is 0 Å². The average Bonchev–Trinajstić information content (AvgIpc) is 2.60. The number of anilines is 2. The van der Waals surface area contributed by atoms with E-state index in [-0.39, 0.29) is 5.69 Å². The van der Waals surface area contributed by atoms with Gasteiger partial charge in [0.1, 0.15) is 17.2 Å². The third kappa shape index (κ3) is 5.03. The zero-order valence-corrected chi connectivity index (χ0v) is 15.6. The first-order valence-corrected chi connectivity index (χ1v) is 9.35. The van der Waals surface area contributed by atoms with Crippen LogP contribution in [0.1, 0.15) is 10.4 Å². The minimum Gasteiger partial charge on any atom is -0.497 e. The Hall–Kier alpha value is -2.94. The van der Waals surface area contributed by atoms with Gasteiger partial charge in [-0.25, -0.2) is 8.42 Å². The number of carbonyl (C=O) groups is 1. The highest BCUT2D eigenvalue weighted by Crippen LogP contribution is 2.29. The first-order chi connectivity index (χ1) is 12.3. The highest BCUT2D eigenvalue weighted by molar-refractivity contribution is 7.92. The highest BCUT2D eigenvalue weighted by Gasteiger charge is 2.13. The van der Waals surface area contributed by atoms with Crippen molar-refractivity contribution in [2.45, 2.75) is 0 Å². The summed E-state index contributed by atoms with van der Waals surface area (Å²) in [5, 5.41) is 2.70. The molecule has 0 radical (unpaired) electrons. The van der Waals surface area contributed by atoms with Crippen LogP contribution in [-0.4, -0.2) is 41.9 Å². The molecule has 2 aromatic carbocycles. The zero-order chi connectivity index (χ0) is 19.3. The van der Waals surface area contributed by atoms with Crippen molar-refractivity contribution in [3.05, 3.63) is 42.0 Å². The van der Waals surface area contributed by atoms with Gasteiger partial charge in [-0.2, -0.15) is 0 Å². The molecular weight excluding hydrogens is 360 g/mol. The van der Waals surface area contributed by atoms with Crippen molar-refractivity contribution in [2.75, 3.05) is 37.6 Å². The van der Waals surface area contributed by atoms with E-state index in [1.807, 2.05) is 0 Å². The van der Waals surface area contributed by atoms with Crippen molar-refractivity contribution in [1.29, 1.82) is 0 Å². The predicted octanol–water partition coefficient (Wildman–Crippen LogP) is 2.34. The Labute approximate surface area is 152 Å². The molecule has 0 saturated carbocycles. The van der Waals surface area contributed by atoms with E-state index < -0.39 is 15.9 Å². The molecule has 9 heteroatoms. The zero-order valence-electron chi connectivity index (χ0n) is 14.8. The maximum absolute atomic E-state index is 12.5. The Morgan fingerprint density at radius 1 is 0.923 bits per heavy atom. The monoisotopic (exact) mass is 380 g/mol. The number of ether oxygens (including phenoxy) is 3. The molecule has 0 heterocycles. The van der Waals surface area contributed by atoms with Crippen LogP contribution >= 0.6 is 0 Å². The third-order valence-electron chi connectivity index (χ3n) is 3.37. The molecule has 0 aromatic heterocycles. The summed E-state index contributed by atoms with van der Waals surface area (Å²) in [7, 11) is 0.898. The minimum absolute atomic E-state index is 0.219. The van der Waals surface area contributed by atoms with E-state index in [2.05, 4.69) is 10.0 Å². The minimum atomic E-state index is -3.50. The molecule has 0 spiro atoms. The SMILES string of the molecule is COc1cc(OC)cc(C(=O)Nc2ccc(OC)c(NS(C)(=O)=O)c2)c1. The summed E-state index contributed by atoms with van der Waals surface area (Å²) in [6.07, 6.45) is 1.03. The Balaban J connectivity index is 2.30. The molecule has 140 valence electrons. The fraction of sp³-hybridized carbons (Fsp3) is 0.235. The third-order valence-corrected chi connectivity index (χ3v) is 3.96. The van der Waals surface area contributed by atoms with Crippen molar-refractivity contribution in [3.8, 4) is 17.2 Å². The molecule has 0 saturated heterocycles. The van der Waals surface area contributed by atoms with Crippen LogP contribution < -0.4 is 24.2 Å². The van der Waals surface area contributed by atoms with E-state index in [9.17, 15) is 13.2 Å². The van der Waals surface area contributed by atoms with E-state index in [0.29, 0.717) is 28.5 Å². The number of methoxy groups -OCH3 is 3. The lowest BCUT2D eigenvalue weighted by atomic mass is 10.1. The van der Waals surface area contributed by atoms with Crippen molar-refractivity contribution < 1.29 is 27.4 Å². The molecule has 1 amide bonds. The quantitative estimate of drug-likeness (QED) is 0.764. The number of amides is 1. The van der Waals surface area contributed by atoms with E-state index in [0.717, 1.165) is 6.26 Å². The molecular formula is C17H20N2O6S. The standard InChI is InChI=1S/C17H20N2O6S/c1-23-13-7-11(8-14(10-13)24-2)17(20)18-12-5-6-16(25-3)15(9-12)19-26(4,21)22/h5-10,19H,1-4H3,(H,18,20). The van der Waals surface area contributed by atoms with E-state index in [4.69, 9.17) is 14.2 Å². The van der Waals surface area contributed by atoms with Crippen LogP contribution in [0.4, 0.5) is 11.4 Å². The van der Waals surface area contributed by atoms with Gasteiger partial charge in [-0.05, 0) is 30.3 Å². The van der Waals surface area contributed by atoms with Crippen molar-refractivity contribution in [1.82, 2.24) is 0 Å². The van der Waals surface area contributed by atoms with Gasteiger partial charge < -0.3 is 19.5 Å². The average molecular weight is 380 g/mol. The Kier molecular flexibility index (Phi) is 5.93. The second-order valence-corrected chi connectivity index (χ2v) is 7.09. The van der Waals surface area contributed by atoms with Crippen LogP contribution in [0.15, 0.2) is 36.4 Å².